The Labute approximate surface area is 171 Å². The third-order valence-corrected chi connectivity index (χ3v) is 6.20. The number of aromatic nitrogens is 3. The van der Waals surface area contributed by atoms with Crippen LogP contribution in [0.25, 0.3) is 10.9 Å². The summed E-state index contributed by atoms with van der Waals surface area (Å²) in [5, 5.41) is 9.73. The summed E-state index contributed by atoms with van der Waals surface area (Å²) in [4.78, 5) is 26.9. The highest BCUT2D eigenvalue weighted by Gasteiger charge is 2.55. The van der Waals surface area contributed by atoms with Crippen LogP contribution in [0, 0.1) is 23.6 Å². The number of Topliss-reactive ketones (excluding diaryl/α,β-unsaturated/α-hetero) is 1. The lowest BCUT2D eigenvalue weighted by atomic mass is 10.1. The zero-order chi connectivity index (χ0) is 20.0. The largest absolute Gasteiger partial charge is 0.388 e. The second kappa shape index (κ2) is 7.15. The molecule has 3 heterocycles. The predicted molar refractivity (Wildman–Crippen MR) is 112 cm³/mol. The van der Waals surface area contributed by atoms with Crippen LogP contribution in [0.15, 0.2) is 42.7 Å². The van der Waals surface area contributed by atoms with Crippen molar-refractivity contribution in [2.75, 3.05) is 24.6 Å². The molecule has 0 radical (unpaired) electrons. The van der Waals surface area contributed by atoms with Gasteiger partial charge in [0.1, 0.15) is 12.4 Å². The van der Waals surface area contributed by atoms with Crippen LogP contribution in [0.5, 0.6) is 0 Å². The van der Waals surface area contributed by atoms with Crippen molar-refractivity contribution in [2.45, 2.75) is 12.8 Å². The average molecular weight is 398 g/mol. The Hall–Kier alpha value is -2.93. The number of carbonyl (C=O) groups excluding carboxylic acids is 1. The SMILES string of the molecule is O=C(CO)c1cnc(N2CC3C(CCc4ccc5cc(F)ccc5n4)C3C2)nc1.[HH].[HH].[HH]. The molecule has 0 bridgehead atoms. The molecule has 0 amide bonds. The quantitative estimate of drug-likeness (QED) is 0.641. The van der Waals surface area contributed by atoms with Gasteiger partial charge in [-0.3, -0.25) is 9.78 Å². The van der Waals surface area contributed by atoms with E-state index in [1.54, 1.807) is 6.07 Å². The number of aliphatic hydroxyl groups excluding tert-OH is 1. The number of pyridine rings is 1. The number of piperidine rings is 1. The Kier molecular flexibility index (Phi) is 4.47. The highest BCUT2D eigenvalue weighted by Crippen LogP contribution is 2.54. The summed E-state index contributed by atoms with van der Waals surface area (Å²) >= 11 is 0. The lowest BCUT2D eigenvalue weighted by Crippen LogP contribution is -2.26. The van der Waals surface area contributed by atoms with Gasteiger partial charge in [-0.25, -0.2) is 14.4 Å². The van der Waals surface area contributed by atoms with Gasteiger partial charge in [0, 0.05) is 40.8 Å². The molecule has 1 aromatic carbocycles. The maximum absolute atomic E-state index is 13.3. The number of ketones is 1. The molecule has 154 valence electrons. The monoisotopic (exact) mass is 398 g/mol. The van der Waals surface area contributed by atoms with E-state index >= 15 is 0 Å². The van der Waals surface area contributed by atoms with Crippen molar-refractivity contribution in [1.82, 2.24) is 15.0 Å². The number of rotatable bonds is 6. The van der Waals surface area contributed by atoms with Gasteiger partial charge in [-0.1, -0.05) is 6.07 Å². The lowest BCUT2D eigenvalue weighted by molar-refractivity contribution is 0.0903. The highest BCUT2D eigenvalue weighted by molar-refractivity contribution is 5.96. The first-order chi connectivity index (χ1) is 14.1. The number of carbonyl (C=O) groups is 1. The Morgan fingerprint density at radius 2 is 1.93 bits per heavy atom. The minimum Gasteiger partial charge on any atom is -0.388 e. The summed E-state index contributed by atoms with van der Waals surface area (Å²) in [6, 6.07) is 8.64. The first-order valence-corrected chi connectivity index (χ1v) is 9.88. The average Bonchev–Trinajstić information content (AvgIpc) is 3.20. The second-order valence-electron chi connectivity index (χ2n) is 7.93. The molecule has 1 saturated carbocycles. The van der Waals surface area contributed by atoms with Crippen molar-refractivity contribution in [1.29, 1.82) is 0 Å². The minimum absolute atomic E-state index is 0. The minimum atomic E-state index is -0.527. The fourth-order valence-corrected chi connectivity index (χ4v) is 4.55. The highest BCUT2D eigenvalue weighted by atomic mass is 19.1. The summed E-state index contributed by atoms with van der Waals surface area (Å²) in [5.74, 6) is 2.06. The van der Waals surface area contributed by atoms with Crippen LogP contribution in [0.1, 0.15) is 26.8 Å². The maximum Gasteiger partial charge on any atom is 0.225 e. The molecule has 0 spiro atoms. The smallest absolute Gasteiger partial charge is 0.225 e. The molecular weight excluding hydrogens is 371 g/mol. The zero-order valence-corrected chi connectivity index (χ0v) is 15.8. The summed E-state index contributed by atoms with van der Waals surface area (Å²) in [5.41, 5.74) is 2.23. The molecule has 2 unspecified atom stereocenters. The first-order valence-electron chi connectivity index (χ1n) is 9.88. The van der Waals surface area contributed by atoms with Crippen molar-refractivity contribution >= 4 is 22.6 Å². The predicted octanol–water partition coefficient (Wildman–Crippen LogP) is 3.39. The van der Waals surface area contributed by atoms with Crippen LogP contribution in [0.4, 0.5) is 10.3 Å². The lowest BCUT2D eigenvalue weighted by Gasteiger charge is -2.19. The summed E-state index contributed by atoms with van der Waals surface area (Å²) in [6.07, 6.45) is 5.01. The van der Waals surface area contributed by atoms with Crippen molar-refractivity contribution in [3.8, 4) is 0 Å². The molecule has 1 aliphatic heterocycles. The van der Waals surface area contributed by atoms with E-state index in [0.29, 0.717) is 29.3 Å². The van der Waals surface area contributed by atoms with Crippen molar-refractivity contribution in [2.24, 2.45) is 17.8 Å². The van der Waals surface area contributed by atoms with Gasteiger partial charge in [0.05, 0.1) is 11.1 Å². The van der Waals surface area contributed by atoms with E-state index in [-0.39, 0.29) is 15.9 Å². The Bertz CT molecular complexity index is 1070. The van der Waals surface area contributed by atoms with Crippen LogP contribution < -0.4 is 4.90 Å². The first kappa shape index (κ1) is 18.1. The molecule has 29 heavy (non-hydrogen) atoms. The molecule has 1 N–H and O–H groups in total. The van der Waals surface area contributed by atoms with Crippen LogP contribution in [0.3, 0.4) is 0 Å². The molecule has 6 nitrogen and oxygen atoms in total. The number of fused-ring (bicyclic) bond motifs is 2. The van der Waals surface area contributed by atoms with Gasteiger partial charge in [0.15, 0.2) is 5.78 Å². The third-order valence-electron chi connectivity index (χ3n) is 6.20. The number of hydrogen-bond acceptors (Lipinski definition) is 6. The standard InChI is InChI=1S/C22H21FN4O2.3H2/c23-15-2-6-20-13(7-15)1-3-16(26-20)4-5-17-18-10-27(11-19(17)18)22-24-8-14(9-25-22)21(29)12-28;;;/h1-3,6-9,17-19,28H,4-5,10-12H2;3*1H. The van der Waals surface area contributed by atoms with Crippen LogP contribution in [-0.2, 0) is 6.42 Å². The van der Waals surface area contributed by atoms with Crippen LogP contribution in [-0.4, -0.2) is 45.5 Å². The van der Waals surface area contributed by atoms with Gasteiger partial charge in [-0.15, -0.1) is 0 Å². The Morgan fingerprint density at radius 3 is 2.66 bits per heavy atom. The van der Waals surface area contributed by atoms with Gasteiger partial charge >= 0.3 is 0 Å². The fraction of sp³-hybridized carbons (Fsp3) is 0.364. The summed E-state index contributed by atoms with van der Waals surface area (Å²) in [7, 11) is 0. The van der Waals surface area contributed by atoms with Crippen LogP contribution >= 0.6 is 0 Å². The molecule has 5 rings (SSSR count). The van der Waals surface area contributed by atoms with E-state index < -0.39 is 6.61 Å². The molecule has 2 aliphatic rings. The normalized spacial score (nSPS) is 22.7. The number of nitrogens with zero attached hydrogens (tertiary/aromatic N) is 4. The van der Waals surface area contributed by atoms with Crippen molar-refractivity contribution < 1.29 is 18.6 Å². The van der Waals surface area contributed by atoms with Gasteiger partial charge in [0.25, 0.3) is 0 Å². The number of benzene rings is 1. The van der Waals surface area contributed by atoms with Crippen molar-refractivity contribution in [3.63, 3.8) is 0 Å². The second-order valence-corrected chi connectivity index (χ2v) is 7.93. The molecule has 2 atom stereocenters. The number of halogens is 1. The molecule has 1 aliphatic carbocycles. The van der Waals surface area contributed by atoms with Gasteiger partial charge < -0.3 is 10.0 Å². The molecule has 2 aromatic heterocycles. The van der Waals surface area contributed by atoms with E-state index in [0.717, 1.165) is 42.5 Å². The zero-order valence-electron chi connectivity index (χ0n) is 15.8. The molecule has 7 heteroatoms. The topological polar surface area (TPSA) is 79.2 Å². The number of aryl methyl sites for hydroxylation is 1. The maximum atomic E-state index is 13.3. The van der Waals surface area contributed by atoms with E-state index in [4.69, 9.17) is 5.11 Å². The molecular formula is C22H27FN4O2. The van der Waals surface area contributed by atoms with Gasteiger partial charge in [0.2, 0.25) is 5.95 Å². The van der Waals surface area contributed by atoms with E-state index in [1.165, 1.54) is 24.5 Å². The van der Waals surface area contributed by atoms with E-state index in [2.05, 4.69) is 19.9 Å². The van der Waals surface area contributed by atoms with Gasteiger partial charge in [-0.2, -0.15) is 0 Å². The van der Waals surface area contributed by atoms with Crippen molar-refractivity contribution in [3.05, 3.63) is 59.8 Å². The molecule has 1 saturated heterocycles. The van der Waals surface area contributed by atoms with Gasteiger partial charge in [-0.05, 0) is 54.9 Å². The summed E-state index contributed by atoms with van der Waals surface area (Å²) in [6.45, 7) is 1.35. The molecule has 3 aromatic rings. The molecule has 2 fully saturated rings. The Morgan fingerprint density at radius 1 is 1.17 bits per heavy atom. The van der Waals surface area contributed by atoms with Crippen LogP contribution in [0.2, 0.25) is 0 Å². The van der Waals surface area contributed by atoms with E-state index in [9.17, 15) is 9.18 Å². The number of anilines is 1. The third kappa shape index (κ3) is 3.46. The number of aliphatic hydroxyl groups is 1. The fourth-order valence-electron chi connectivity index (χ4n) is 4.55. The Balaban J connectivity index is 0.00000121. The summed E-state index contributed by atoms with van der Waals surface area (Å²) < 4.78 is 13.3. The number of hydrogen-bond donors (Lipinski definition) is 1. The van der Waals surface area contributed by atoms with E-state index in [1.807, 2.05) is 12.1 Å².